The number of carbonyl (C=O) groups is 2. The number of hydrogen-bond donors (Lipinski definition) is 1. The van der Waals surface area contributed by atoms with Gasteiger partial charge in [-0.15, -0.1) is 0 Å². The predicted molar refractivity (Wildman–Crippen MR) is 93.1 cm³/mol. The summed E-state index contributed by atoms with van der Waals surface area (Å²) in [6, 6.07) is 10.1. The molecule has 0 heterocycles. The summed E-state index contributed by atoms with van der Waals surface area (Å²) in [4.78, 5) is 33.7. The lowest BCUT2D eigenvalue weighted by Gasteiger charge is -2.09. The van der Waals surface area contributed by atoms with Crippen LogP contribution in [-0.4, -0.2) is 23.9 Å². The zero-order chi connectivity index (χ0) is 19.1. The Kier molecular flexibility index (Phi) is 6.05. The van der Waals surface area contributed by atoms with E-state index < -0.39 is 10.9 Å². The summed E-state index contributed by atoms with van der Waals surface area (Å²) in [7, 11) is 1.37. The van der Waals surface area contributed by atoms with Crippen LogP contribution < -0.4 is 14.8 Å². The fourth-order valence-corrected chi connectivity index (χ4v) is 2.04. The van der Waals surface area contributed by atoms with Gasteiger partial charge in [-0.3, -0.25) is 14.9 Å². The SMILES string of the molecule is C=CC(=O)NCc1ccc(C(=O)Oc2cc([N+](=O)[O-])ccc2OC)cc1. The molecule has 134 valence electrons. The molecule has 0 aliphatic rings. The molecule has 0 aromatic heterocycles. The molecule has 2 aromatic rings. The number of ether oxygens (including phenoxy) is 2. The van der Waals surface area contributed by atoms with Crippen molar-refractivity contribution in [1.82, 2.24) is 5.32 Å². The van der Waals surface area contributed by atoms with E-state index in [-0.39, 0.29) is 28.7 Å². The highest BCUT2D eigenvalue weighted by molar-refractivity contribution is 5.91. The number of methoxy groups -OCH3 is 1. The van der Waals surface area contributed by atoms with Crippen molar-refractivity contribution in [3.63, 3.8) is 0 Å². The average molecular weight is 356 g/mol. The van der Waals surface area contributed by atoms with E-state index in [0.29, 0.717) is 6.54 Å². The van der Waals surface area contributed by atoms with Gasteiger partial charge in [0.15, 0.2) is 11.5 Å². The number of nitro benzene ring substituents is 1. The van der Waals surface area contributed by atoms with Gasteiger partial charge in [0.05, 0.1) is 23.7 Å². The number of non-ortho nitro benzene ring substituents is 1. The molecule has 0 saturated carbocycles. The predicted octanol–water partition coefficient (Wildman–Crippen LogP) is 2.62. The molecule has 1 amide bonds. The van der Waals surface area contributed by atoms with Crippen molar-refractivity contribution in [2.75, 3.05) is 7.11 Å². The van der Waals surface area contributed by atoms with Gasteiger partial charge >= 0.3 is 5.97 Å². The van der Waals surface area contributed by atoms with E-state index in [4.69, 9.17) is 9.47 Å². The van der Waals surface area contributed by atoms with Crippen molar-refractivity contribution in [1.29, 1.82) is 0 Å². The van der Waals surface area contributed by atoms with Gasteiger partial charge in [0.25, 0.3) is 5.69 Å². The second kappa shape index (κ2) is 8.43. The summed E-state index contributed by atoms with van der Waals surface area (Å²) >= 11 is 0. The zero-order valence-corrected chi connectivity index (χ0v) is 13.9. The van der Waals surface area contributed by atoms with Gasteiger partial charge in [-0.2, -0.15) is 0 Å². The highest BCUT2D eigenvalue weighted by Crippen LogP contribution is 2.31. The fraction of sp³-hybridized carbons (Fsp3) is 0.111. The summed E-state index contributed by atoms with van der Waals surface area (Å²) < 4.78 is 10.3. The van der Waals surface area contributed by atoms with Crippen LogP contribution in [-0.2, 0) is 11.3 Å². The molecule has 0 radical (unpaired) electrons. The van der Waals surface area contributed by atoms with Crippen LogP contribution in [0.4, 0.5) is 5.69 Å². The Hall–Kier alpha value is -3.68. The van der Waals surface area contributed by atoms with Crippen LogP contribution >= 0.6 is 0 Å². The first-order chi connectivity index (χ1) is 12.4. The Morgan fingerprint density at radius 1 is 1.19 bits per heavy atom. The third-order valence-corrected chi connectivity index (χ3v) is 3.40. The number of nitrogens with one attached hydrogen (secondary N) is 1. The Labute approximate surface area is 149 Å². The van der Waals surface area contributed by atoms with Crippen molar-refractivity contribution in [3.8, 4) is 11.5 Å². The number of hydrogen-bond acceptors (Lipinski definition) is 6. The highest BCUT2D eigenvalue weighted by atomic mass is 16.6. The van der Waals surface area contributed by atoms with Crippen molar-refractivity contribution in [3.05, 3.63) is 76.4 Å². The van der Waals surface area contributed by atoms with Crippen LogP contribution in [0.15, 0.2) is 55.1 Å². The lowest BCUT2D eigenvalue weighted by Crippen LogP contribution is -2.20. The van der Waals surface area contributed by atoms with Crippen molar-refractivity contribution in [2.24, 2.45) is 0 Å². The fourth-order valence-electron chi connectivity index (χ4n) is 2.04. The number of nitro groups is 1. The summed E-state index contributed by atoms with van der Waals surface area (Å²) in [5, 5.41) is 13.5. The van der Waals surface area contributed by atoms with E-state index in [9.17, 15) is 19.7 Å². The van der Waals surface area contributed by atoms with Gasteiger partial charge in [-0.25, -0.2) is 4.79 Å². The minimum atomic E-state index is -0.689. The highest BCUT2D eigenvalue weighted by Gasteiger charge is 2.16. The third kappa shape index (κ3) is 4.67. The minimum absolute atomic E-state index is 0.0472. The van der Waals surface area contributed by atoms with Crippen LogP contribution in [0.5, 0.6) is 11.5 Å². The summed E-state index contributed by atoms with van der Waals surface area (Å²) in [6.45, 7) is 3.65. The first-order valence-corrected chi connectivity index (χ1v) is 7.48. The quantitative estimate of drug-likeness (QED) is 0.269. The molecule has 8 heteroatoms. The lowest BCUT2D eigenvalue weighted by atomic mass is 10.1. The maximum Gasteiger partial charge on any atom is 0.343 e. The lowest BCUT2D eigenvalue weighted by molar-refractivity contribution is -0.384. The largest absolute Gasteiger partial charge is 0.493 e. The smallest absolute Gasteiger partial charge is 0.343 e. The topological polar surface area (TPSA) is 108 Å². The molecule has 0 unspecified atom stereocenters. The molecule has 0 bridgehead atoms. The molecular weight excluding hydrogens is 340 g/mol. The summed E-state index contributed by atoms with van der Waals surface area (Å²) in [5.74, 6) is -0.835. The van der Waals surface area contributed by atoms with Crippen molar-refractivity contribution < 1.29 is 24.0 Å². The van der Waals surface area contributed by atoms with Gasteiger partial charge in [0, 0.05) is 12.6 Å². The maximum absolute atomic E-state index is 12.3. The van der Waals surface area contributed by atoms with E-state index in [0.717, 1.165) is 17.7 Å². The van der Waals surface area contributed by atoms with Crippen LogP contribution in [0.2, 0.25) is 0 Å². The molecule has 0 aliphatic carbocycles. The first kappa shape index (κ1) is 18.7. The zero-order valence-electron chi connectivity index (χ0n) is 13.9. The Morgan fingerprint density at radius 3 is 2.46 bits per heavy atom. The van der Waals surface area contributed by atoms with E-state index in [1.165, 1.54) is 31.4 Å². The van der Waals surface area contributed by atoms with Crippen LogP contribution in [0.25, 0.3) is 0 Å². The van der Waals surface area contributed by atoms with E-state index in [1.54, 1.807) is 12.1 Å². The molecule has 8 nitrogen and oxygen atoms in total. The maximum atomic E-state index is 12.3. The first-order valence-electron chi connectivity index (χ1n) is 7.48. The number of nitrogens with zero attached hydrogens (tertiary/aromatic N) is 1. The van der Waals surface area contributed by atoms with Crippen LogP contribution in [0, 0.1) is 10.1 Å². The number of amides is 1. The normalized spacial score (nSPS) is 9.88. The van der Waals surface area contributed by atoms with Crippen LogP contribution in [0.3, 0.4) is 0 Å². The summed E-state index contributed by atoms with van der Waals surface area (Å²) in [6.07, 6.45) is 1.16. The third-order valence-electron chi connectivity index (χ3n) is 3.40. The molecule has 26 heavy (non-hydrogen) atoms. The molecule has 2 rings (SSSR count). The van der Waals surface area contributed by atoms with Gasteiger partial charge in [-0.1, -0.05) is 18.7 Å². The van der Waals surface area contributed by atoms with E-state index in [1.807, 2.05) is 0 Å². The molecule has 0 aliphatic heterocycles. The molecule has 2 aromatic carbocycles. The van der Waals surface area contributed by atoms with Gasteiger partial charge in [-0.05, 0) is 29.8 Å². The minimum Gasteiger partial charge on any atom is -0.493 e. The van der Waals surface area contributed by atoms with Gasteiger partial charge < -0.3 is 14.8 Å². The molecular formula is C18H16N2O6. The number of benzene rings is 2. The van der Waals surface area contributed by atoms with Crippen molar-refractivity contribution >= 4 is 17.6 Å². The Bertz CT molecular complexity index is 845. The number of esters is 1. The van der Waals surface area contributed by atoms with E-state index in [2.05, 4.69) is 11.9 Å². The van der Waals surface area contributed by atoms with Crippen LogP contribution in [0.1, 0.15) is 15.9 Å². The second-order valence-corrected chi connectivity index (χ2v) is 5.10. The molecule has 0 fully saturated rings. The molecule has 0 spiro atoms. The Balaban J connectivity index is 2.12. The Morgan fingerprint density at radius 2 is 1.88 bits per heavy atom. The molecule has 0 atom stereocenters. The standard InChI is InChI=1S/C18H16N2O6/c1-3-17(21)19-11-12-4-6-13(7-5-12)18(22)26-16-10-14(20(23)24)8-9-15(16)25-2/h3-10H,1,11H2,2H3,(H,19,21). The monoisotopic (exact) mass is 356 g/mol. The molecule has 0 saturated heterocycles. The summed E-state index contributed by atoms with van der Waals surface area (Å²) in [5.41, 5.74) is 0.809. The average Bonchev–Trinajstić information content (AvgIpc) is 2.66. The second-order valence-electron chi connectivity index (χ2n) is 5.10. The van der Waals surface area contributed by atoms with E-state index >= 15 is 0 Å². The number of carbonyl (C=O) groups excluding carboxylic acids is 2. The number of rotatable bonds is 7. The van der Waals surface area contributed by atoms with Gasteiger partial charge in [0.1, 0.15) is 0 Å². The molecule has 1 N–H and O–H groups in total. The van der Waals surface area contributed by atoms with Crippen molar-refractivity contribution in [2.45, 2.75) is 6.54 Å². The van der Waals surface area contributed by atoms with Gasteiger partial charge in [0.2, 0.25) is 5.91 Å².